The van der Waals surface area contributed by atoms with E-state index in [1.54, 1.807) is 0 Å². The van der Waals surface area contributed by atoms with E-state index in [1.807, 2.05) is 61.5 Å². The van der Waals surface area contributed by atoms with E-state index >= 15 is 0 Å². The van der Waals surface area contributed by atoms with Crippen LogP contribution in [0.15, 0.2) is 47.3 Å². The van der Waals surface area contributed by atoms with Crippen molar-refractivity contribution in [3.8, 4) is 5.75 Å². The number of likely N-dealkylation sites (N-methyl/N-ethyl adjacent to an activating group) is 1. The smallest absolute Gasteiger partial charge is 0.200 e. The number of H-pyrrole nitrogens is 1. The maximum Gasteiger partial charge on any atom is 0.200 e. The van der Waals surface area contributed by atoms with Crippen molar-refractivity contribution in [2.75, 3.05) is 27.2 Å². The lowest BCUT2D eigenvalue weighted by atomic mass is 10.1. The van der Waals surface area contributed by atoms with Crippen LogP contribution in [0.5, 0.6) is 5.75 Å². The largest absolute Gasteiger partial charge is 0.491 e. The lowest BCUT2D eigenvalue weighted by molar-refractivity contribution is 0.263. The number of fused-ring (bicyclic) bond motifs is 2. The molecule has 108 valence electrons. The Morgan fingerprint density at radius 1 is 1.05 bits per heavy atom. The number of hydrogen-bond acceptors (Lipinski definition) is 3. The first-order chi connectivity index (χ1) is 10.2. The van der Waals surface area contributed by atoms with Crippen LogP contribution in [0.2, 0.25) is 0 Å². The van der Waals surface area contributed by atoms with Crippen LogP contribution in [0.4, 0.5) is 0 Å². The van der Waals surface area contributed by atoms with E-state index in [0.29, 0.717) is 23.1 Å². The summed E-state index contributed by atoms with van der Waals surface area (Å²) in [5.74, 6) is 0.640. The number of ether oxygens (including phenoxy) is 1. The molecule has 2 aromatic carbocycles. The highest BCUT2D eigenvalue weighted by Crippen LogP contribution is 2.23. The van der Waals surface area contributed by atoms with Crippen molar-refractivity contribution in [1.82, 2.24) is 9.88 Å². The van der Waals surface area contributed by atoms with Gasteiger partial charge in [-0.1, -0.05) is 18.2 Å². The monoisotopic (exact) mass is 282 g/mol. The highest BCUT2D eigenvalue weighted by molar-refractivity contribution is 5.95. The van der Waals surface area contributed by atoms with Crippen LogP contribution in [0.25, 0.3) is 21.8 Å². The minimum atomic E-state index is 0.0137. The molecule has 4 nitrogen and oxygen atoms in total. The van der Waals surface area contributed by atoms with Gasteiger partial charge in [-0.15, -0.1) is 0 Å². The molecule has 0 atom stereocenters. The van der Waals surface area contributed by atoms with Crippen LogP contribution < -0.4 is 10.2 Å². The second-order valence-electron chi connectivity index (χ2n) is 5.33. The van der Waals surface area contributed by atoms with Gasteiger partial charge in [0.05, 0.1) is 10.9 Å². The molecule has 1 heterocycles. The van der Waals surface area contributed by atoms with Crippen molar-refractivity contribution >= 4 is 21.8 Å². The fourth-order valence-corrected chi connectivity index (χ4v) is 2.40. The fraction of sp³-hybridized carbons (Fsp3) is 0.235. The first-order valence-electron chi connectivity index (χ1n) is 6.98. The van der Waals surface area contributed by atoms with Crippen LogP contribution in [0.1, 0.15) is 0 Å². The van der Waals surface area contributed by atoms with Crippen LogP contribution in [0.3, 0.4) is 0 Å². The minimum Gasteiger partial charge on any atom is -0.491 e. The van der Waals surface area contributed by atoms with E-state index in [-0.39, 0.29) is 5.43 Å². The molecule has 1 aromatic heterocycles. The topological polar surface area (TPSA) is 45.3 Å². The van der Waals surface area contributed by atoms with Gasteiger partial charge in [0.2, 0.25) is 5.43 Å². The molecule has 0 unspecified atom stereocenters. The van der Waals surface area contributed by atoms with Crippen molar-refractivity contribution in [2.45, 2.75) is 0 Å². The number of nitrogens with zero attached hydrogens (tertiary/aromatic N) is 1. The van der Waals surface area contributed by atoms with Crippen LogP contribution in [-0.2, 0) is 0 Å². The van der Waals surface area contributed by atoms with E-state index in [1.165, 1.54) is 0 Å². The molecule has 21 heavy (non-hydrogen) atoms. The van der Waals surface area contributed by atoms with Gasteiger partial charge in [0, 0.05) is 17.4 Å². The maximum absolute atomic E-state index is 12.7. The second-order valence-corrected chi connectivity index (χ2v) is 5.33. The Morgan fingerprint density at radius 2 is 1.81 bits per heavy atom. The zero-order chi connectivity index (χ0) is 14.8. The van der Waals surface area contributed by atoms with Crippen LogP contribution in [-0.4, -0.2) is 37.1 Å². The van der Waals surface area contributed by atoms with E-state index in [4.69, 9.17) is 4.74 Å². The summed E-state index contributed by atoms with van der Waals surface area (Å²) in [5, 5.41) is 1.31. The molecular weight excluding hydrogens is 264 g/mol. The number of rotatable bonds is 4. The summed E-state index contributed by atoms with van der Waals surface area (Å²) < 4.78 is 5.80. The normalized spacial score (nSPS) is 11.4. The Morgan fingerprint density at radius 3 is 2.62 bits per heavy atom. The average Bonchev–Trinajstić information content (AvgIpc) is 2.47. The van der Waals surface area contributed by atoms with Crippen LogP contribution in [0, 0.1) is 0 Å². The number of aromatic nitrogens is 1. The molecule has 0 aliphatic carbocycles. The quantitative estimate of drug-likeness (QED) is 0.748. The van der Waals surface area contributed by atoms with Crippen molar-refractivity contribution < 1.29 is 4.74 Å². The molecule has 3 aromatic rings. The highest BCUT2D eigenvalue weighted by Gasteiger charge is 2.10. The summed E-state index contributed by atoms with van der Waals surface area (Å²) in [5.41, 5.74) is 1.67. The summed E-state index contributed by atoms with van der Waals surface area (Å²) in [6, 6.07) is 13.2. The number of benzene rings is 2. The number of para-hydroxylation sites is 1. The summed E-state index contributed by atoms with van der Waals surface area (Å²) in [7, 11) is 3.99. The number of nitrogens with one attached hydrogen (secondary N) is 1. The Hall–Kier alpha value is -2.33. The van der Waals surface area contributed by atoms with Crippen LogP contribution >= 0.6 is 0 Å². The molecular formula is C17H18N2O2. The second kappa shape index (κ2) is 5.58. The molecule has 0 spiro atoms. The van der Waals surface area contributed by atoms with E-state index in [9.17, 15) is 4.79 Å². The van der Waals surface area contributed by atoms with Crippen molar-refractivity contribution in [2.24, 2.45) is 0 Å². The SMILES string of the molecule is CN(C)CCOc1cccc2[nH]c3ccccc3c(=O)c12. The molecule has 4 heteroatoms. The molecule has 0 aliphatic rings. The number of aromatic amines is 1. The highest BCUT2D eigenvalue weighted by atomic mass is 16.5. The maximum atomic E-state index is 12.7. The Labute approximate surface area is 123 Å². The van der Waals surface area contributed by atoms with Gasteiger partial charge in [0.15, 0.2) is 0 Å². The first kappa shape index (κ1) is 13.6. The average molecular weight is 282 g/mol. The molecule has 0 bridgehead atoms. The minimum absolute atomic E-state index is 0.0137. The predicted molar refractivity (Wildman–Crippen MR) is 86.1 cm³/mol. The lowest BCUT2D eigenvalue weighted by Crippen LogP contribution is -2.20. The van der Waals surface area contributed by atoms with Gasteiger partial charge in [-0.05, 0) is 38.4 Å². The number of hydrogen-bond donors (Lipinski definition) is 1. The van der Waals surface area contributed by atoms with E-state index in [2.05, 4.69) is 4.98 Å². The number of pyridine rings is 1. The van der Waals surface area contributed by atoms with Crippen molar-refractivity contribution in [1.29, 1.82) is 0 Å². The van der Waals surface area contributed by atoms with Gasteiger partial charge in [-0.3, -0.25) is 4.79 Å². The molecule has 0 radical (unpaired) electrons. The van der Waals surface area contributed by atoms with Gasteiger partial charge >= 0.3 is 0 Å². The zero-order valence-corrected chi connectivity index (χ0v) is 12.2. The van der Waals surface area contributed by atoms with Gasteiger partial charge < -0.3 is 14.6 Å². The molecule has 0 saturated carbocycles. The summed E-state index contributed by atoms with van der Waals surface area (Å²) in [6.45, 7) is 1.36. The van der Waals surface area contributed by atoms with E-state index in [0.717, 1.165) is 17.6 Å². The standard InChI is InChI=1S/C17H18N2O2/c1-19(2)10-11-21-15-9-5-8-14-16(15)17(20)12-6-3-4-7-13(12)18-14/h3-9H,10-11H2,1-2H3,(H,18,20). The molecule has 0 aliphatic heterocycles. The third kappa shape index (κ3) is 2.62. The Bertz CT molecular complexity index is 837. The molecule has 0 saturated heterocycles. The molecule has 3 rings (SSSR count). The predicted octanol–water partition coefficient (Wildman–Crippen LogP) is 2.62. The Kier molecular flexibility index (Phi) is 3.62. The van der Waals surface area contributed by atoms with E-state index < -0.39 is 0 Å². The molecule has 0 fully saturated rings. The van der Waals surface area contributed by atoms with Gasteiger partial charge in [0.25, 0.3) is 0 Å². The summed E-state index contributed by atoms with van der Waals surface area (Å²) in [4.78, 5) is 18.0. The van der Waals surface area contributed by atoms with Crippen molar-refractivity contribution in [3.63, 3.8) is 0 Å². The third-order valence-electron chi connectivity index (χ3n) is 3.49. The Balaban J connectivity index is 2.13. The molecule has 0 amide bonds. The van der Waals surface area contributed by atoms with Crippen molar-refractivity contribution in [3.05, 3.63) is 52.7 Å². The first-order valence-corrected chi connectivity index (χ1v) is 6.98. The zero-order valence-electron chi connectivity index (χ0n) is 12.2. The van der Waals surface area contributed by atoms with Gasteiger partial charge in [-0.25, -0.2) is 0 Å². The summed E-state index contributed by atoms with van der Waals surface area (Å²) in [6.07, 6.45) is 0. The summed E-state index contributed by atoms with van der Waals surface area (Å²) >= 11 is 0. The van der Waals surface area contributed by atoms with Gasteiger partial charge in [0.1, 0.15) is 12.4 Å². The lowest BCUT2D eigenvalue weighted by Gasteiger charge is -2.12. The molecule has 1 N–H and O–H groups in total. The fourth-order valence-electron chi connectivity index (χ4n) is 2.40. The third-order valence-corrected chi connectivity index (χ3v) is 3.49. The van der Waals surface area contributed by atoms with Gasteiger partial charge in [-0.2, -0.15) is 0 Å².